The van der Waals surface area contributed by atoms with E-state index in [4.69, 9.17) is 10.1 Å². The molecule has 3 rings (SSSR count). The summed E-state index contributed by atoms with van der Waals surface area (Å²) in [5.41, 5.74) is 1.44. The summed E-state index contributed by atoms with van der Waals surface area (Å²) in [4.78, 5) is 2.48. The van der Waals surface area contributed by atoms with Crippen LogP contribution in [0.25, 0.3) is 0 Å². The van der Waals surface area contributed by atoms with Crippen LogP contribution in [0.15, 0.2) is 30.3 Å². The Morgan fingerprint density at radius 3 is 2.65 bits per heavy atom. The zero-order valence-corrected chi connectivity index (χ0v) is 10.1. The quantitative estimate of drug-likeness (QED) is 0.770. The highest BCUT2D eigenvalue weighted by Gasteiger charge is 2.34. The molecule has 3 nitrogen and oxygen atoms in total. The highest BCUT2D eigenvalue weighted by molar-refractivity contribution is 5.22. The number of benzene rings is 1. The number of ether oxygens (including phenoxy) is 1. The zero-order valence-electron chi connectivity index (χ0n) is 10.1. The minimum atomic E-state index is 0.376. The first-order valence-corrected chi connectivity index (χ1v) is 6.48. The number of hydrogen-bond acceptors (Lipinski definition) is 2. The zero-order chi connectivity index (χ0) is 11.5. The molecule has 2 heterocycles. The smallest absolute Gasteiger partial charge is 0.0832 e. The second-order valence-electron chi connectivity index (χ2n) is 4.77. The van der Waals surface area contributed by atoms with Crippen LogP contribution in [-0.4, -0.2) is 43.9 Å². The maximum Gasteiger partial charge on any atom is 0.0832 e. The molecule has 0 saturated carbocycles. The van der Waals surface area contributed by atoms with Crippen molar-refractivity contribution >= 4 is 0 Å². The van der Waals surface area contributed by atoms with Gasteiger partial charge in [0.2, 0.25) is 0 Å². The Morgan fingerprint density at radius 2 is 1.88 bits per heavy atom. The Bertz CT molecular complexity index is 348. The third kappa shape index (κ3) is 2.37. The van der Waals surface area contributed by atoms with Crippen molar-refractivity contribution in [3.05, 3.63) is 35.9 Å². The monoisotopic (exact) mass is 231 g/mol. The van der Waals surface area contributed by atoms with Gasteiger partial charge in [-0.3, -0.25) is 4.90 Å². The number of rotatable bonds is 2. The first kappa shape index (κ1) is 11.2. The number of nitrogens with zero attached hydrogens (tertiary/aromatic N) is 2. The van der Waals surface area contributed by atoms with Crippen LogP contribution in [0.3, 0.4) is 0 Å². The van der Waals surface area contributed by atoms with Crippen LogP contribution < -0.4 is 5.32 Å². The topological polar surface area (TPSA) is 26.6 Å². The molecule has 0 amide bonds. The number of morpholine rings is 1. The summed E-state index contributed by atoms with van der Waals surface area (Å²) < 4.78 is 5.42. The Kier molecular flexibility index (Phi) is 3.41. The van der Waals surface area contributed by atoms with Crippen molar-refractivity contribution in [3.63, 3.8) is 0 Å². The average molecular weight is 231 g/mol. The lowest BCUT2D eigenvalue weighted by Gasteiger charge is -2.34. The molecule has 1 aromatic rings. The summed E-state index contributed by atoms with van der Waals surface area (Å²) in [6, 6.07) is 10.8. The predicted molar refractivity (Wildman–Crippen MR) is 67.0 cm³/mol. The summed E-state index contributed by atoms with van der Waals surface area (Å²) in [5.74, 6) is 0.578. The predicted octanol–water partition coefficient (Wildman–Crippen LogP) is 1.44. The van der Waals surface area contributed by atoms with E-state index < -0.39 is 0 Å². The van der Waals surface area contributed by atoms with Crippen LogP contribution >= 0.6 is 0 Å². The summed E-state index contributed by atoms with van der Waals surface area (Å²) in [6.07, 6.45) is 1.56. The molecule has 2 aliphatic rings. The molecule has 2 saturated heterocycles. The van der Waals surface area contributed by atoms with Gasteiger partial charge in [0, 0.05) is 25.6 Å². The Morgan fingerprint density at radius 1 is 1.12 bits per heavy atom. The second kappa shape index (κ2) is 5.17. The van der Waals surface area contributed by atoms with Crippen LogP contribution in [0.5, 0.6) is 0 Å². The fourth-order valence-corrected chi connectivity index (χ4v) is 2.87. The molecule has 17 heavy (non-hydrogen) atoms. The van der Waals surface area contributed by atoms with Crippen LogP contribution in [-0.2, 0) is 4.74 Å². The normalized spacial score (nSPS) is 30.6. The third-order valence-corrected chi connectivity index (χ3v) is 3.76. The van der Waals surface area contributed by atoms with Gasteiger partial charge in [0.25, 0.3) is 0 Å². The highest BCUT2D eigenvalue weighted by Crippen LogP contribution is 2.30. The fraction of sp³-hybridized carbons (Fsp3) is 0.571. The maximum atomic E-state index is 5.42. The van der Waals surface area contributed by atoms with Crippen molar-refractivity contribution in [2.24, 2.45) is 0 Å². The molecule has 1 radical (unpaired) electrons. The molecule has 0 aromatic heterocycles. The minimum absolute atomic E-state index is 0.376. The van der Waals surface area contributed by atoms with E-state index in [0.29, 0.717) is 12.1 Å². The molecule has 3 heteroatoms. The first-order valence-electron chi connectivity index (χ1n) is 6.48. The molecule has 0 N–H and O–H groups in total. The Labute approximate surface area is 103 Å². The van der Waals surface area contributed by atoms with Gasteiger partial charge in [-0.2, -0.15) is 0 Å². The van der Waals surface area contributed by atoms with Crippen molar-refractivity contribution < 1.29 is 4.74 Å². The molecule has 2 fully saturated rings. The van der Waals surface area contributed by atoms with E-state index in [1.165, 1.54) is 12.0 Å². The van der Waals surface area contributed by atoms with Crippen LogP contribution in [0.1, 0.15) is 17.9 Å². The summed E-state index contributed by atoms with van der Waals surface area (Å²) in [5, 5.41) is 4.79. The summed E-state index contributed by atoms with van der Waals surface area (Å²) in [7, 11) is 0. The molecule has 91 valence electrons. The Hall–Kier alpha value is -0.900. The van der Waals surface area contributed by atoms with Gasteiger partial charge in [0.1, 0.15) is 0 Å². The molecule has 1 aromatic carbocycles. The van der Waals surface area contributed by atoms with Gasteiger partial charge in [-0.05, 0) is 12.0 Å². The van der Waals surface area contributed by atoms with Gasteiger partial charge in [0.15, 0.2) is 0 Å². The second-order valence-corrected chi connectivity index (χ2v) is 4.77. The van der Waals surface area contributed by atoms with Crippen molar-refractivity contribution in [1.82, 2.24) is 10.2 Å². The van der Waals surface area contributed by atoms with Crippen LogP contribution in [0.4, 0.5) is 0 Å². The van der Waals surface area contributed by atoms with Crippen molar-refractivity contribution in [2.45, 2.75) is 18.5 Å². The van der Waals surface area contributed by atoms with Crippen molar-refractivity contribution in [1.29, 1.82) is 0 Å². The van der Waals surface area contributed by atoms with Crippen molar-refractivity contribution in [3.8, 4) is 0 Å². The van der Waals surface area contributed by atoms with Crippen LogP contribution in [0.2, 0.25) is 0 Å². The van der Waals surface area contributed by atoms with E-state index in [2.05, 4.69) is 35.2 Å². The van der Waals surface area contributed by atoms with E-state index in [0.717, 1.165) is 32.8 Å². The lowest BCUT2D eigenvalue weighted by Crippen LogP contribution is -2.47. The molecule has 2 atom stereocenters. The fourth-order valence-electron chi connectivity index (χ4n) is 2.87. The summed E-state index contributed by atoms with van der Waals surface area (Å²) in [6.45, 7) is 4.76. The molecular formula is C14H19N2O. The number of hydrogen-bond donors (Lipinski definition) is 0. The van der Waals surface area contributed by atoms with Crippen molar-refractivity contribution in [2.75, 3.05) is 32.8 Å². The third-order valence-electron chi connectivity index (χ3n) is 3.76. The minimum Gasteiger partial charge on any atom is -0.379 e. The van der Waals surface area contributed by atoms with Crippen LogP contribution in [0, 0.1) is 0 Å². The van der Waals surface area contributed by atoms with E-state index in [9.17, 15) is 0 Å². The van der Waals surface area contributed by atoms with Gasteiger partial charge in [-0.15, -0.1) is 0 Å². The van der Waals surface area contributed by atoms with Gasteiger partial charge in [-0.1, -0.05) is 30.3 Å². The average Bonchev–Trinajstić information content (AvgIpc) is 2.90. The Balaban J connectivity index is 1.75. The molecule has 0 unspecified atom stereocenters. The lowest BCUT2D eigenvalue weighted by molar-refractivity contribution is 0.00875. The van der Waals surface area contributed by atoms with E-state index in [1.807, 2.05) is 0 Å². The van der Waals surface area contributed by atoms with Gasteiger partial charge >= 0.3 is 0 Å². The largest absolute Gasteiger partial charge is 0.379 e. The molecule has 0 aliphatic carbocycles. The first-order chi connectivity index (χ1) is 8.45. The highest BCUT2D eigenvalue weighted by atomic mass is 16.5. The molecule has 0 bridgehead atoms. The van der Waals surface area contributed by atoms with Gasteiger partial charge in [-0.25, -0.2) is 5.32 Å². The SMILES string of the molecule is c1ccc([C@H]2CC[N][C@H]2N2CCOCC2)cc1. The molecule has 0 spiro atoms. The maximum absolute atomic E-state index is 5.42. The van der Waals surface area contributed by atoms with Gasteiger partial charge < -0.3 is 4.74 Å². The lowest BCUT2D eigenvalue weighted by atomic mass is 9.95. The molecular weight excluding hydrogens is 212 g/mol. The molecule has 2 aliphatic heterocycles. The van der Waals surface area contributed by atoms with Gasteiger partial charge in [0.05, 0.1) is 19.4 Å². The standard InChI is InChI=1S/C14H19N2O/c1-2-4-12(5-3-1)13-6-7-15-14(13)16-8-10-17-11-9-16/h1-5,13-14H,6-11H2/t13-,14+/m1/s1. The van der Waals surface area contributed by atoms with E-state index >= 15 is 0 Å². The van der Waals surface area contributed by atoms with E-state index in [-0.39, 0.29) is 0 Å². The summed E-state index contributed by atoms with van der Waals surface area (Å²) >= 11 is 0. The van der Waals surface area contributed by atoms with E-state index in [1.54, 1.807) is 0 Å².